The molecule has 1 aromatic heterocycles. The number of aromatic nitrogens is 2. The maximum Gasteiger partial charge on any atom is 0.119 e. The molecule has 17 heavy (non-hydrogen) atoms. The van der Waals surface area contributed by atoms with E-state index in [1.165, 1.54) is 5.56 Å². The number of hydrogen-bond donors (Lipinski definition) is 1. The molecule has 1 unspecified atom stereocenters. The molecule has 1 atom stereocenters. The summed E-state index contributed by atoms with van der Waals surface area (Å²) in [6, 6.07) is 8.36. The highest BCUT2D eigenvalue weighted by Gasteiger charge is 2.10. The van der Waals surface area contributed by atoms with Crippen molar-refractivity contribution >= 4 is 0 Å². The van der Waals surface area contributed by atoms with E-state index in [4.69, 9.17) is 4.74 Å². The lowest BCUT2D eigenvalue weighted by Gasteiger charge is -2.17. The number of rotatable bonds is 5. The summed E-state index contributed by atoms with van der Waals surface area (Å²) in [5.74, 6) is 0.883. The van der Waals surface area contributed by atoms with E-state index >= 15 is 0 Å². The second-order valence-corrected chi connectivity index (χ2v) is 3.88. The Labute approximate surface area is 101 Å². The molecule has 2 aromatic rings. The van der Waals surface area contributed by atoms with Crippen LogP contribution in [0.2, 0.25) is 0 Å². The van der Waals surface area contributed by atoms with Crippen molar-refractivity contribution in [3.05, 3.63) is 48.5 Å². The molecule has 0 saturated heterocycles. The number of nitrogens with zero attached hydrogens (tertiary/aromatic N) is 2. The first kappa shape index (κ1) is 11.7. The topological polar surface area (TPSA) is 39.1 Å². The summed E-state index contributed by atoms with van der Waals surface area (Å²) in [5.41, 5.74) is 1.21. The fourth-order valence-corrected chi connectivity index (χ4v) is 1.83. The van der Waals surface area contributed by atoms with Gasteiger partial charge < -0.3 is 14.6 Å². The number of methoxy groups -OCH3 is 1. The van der Waals surface area contributed by atoms with Crippen molar-refractivity contribution in [2.45, 2.75) is 12.6 Å². The molecule has 0 bridgehead atoms. The zero-order chi connectivity index (χ0) is 12.1. The van der Waals surface area contributed by atoms with Crippen LogP contribution in [0.3, 0.4) is 0 Å². The van der Waals surface area contributed by atoms with Crippen LogP contribution in [0.15, 0.2) is 43.0 Å². The van der Waals surface area contributed by atoms with Crippen LogP contribution in [0.5, 0.6) is 5.75 Å². The number of likely N-dealkylation sites (N-methyl/N-ethyl adjacent to an activating group) is 1. The van der Waals surface area contributed by atoms with Crippen LogP contribution < -0.4 is 10.1 Å². The number of imidazole rings is 1. The first-order valence-electron chi connectivity index (χ1n) is 5.60. The molecule has 4 nitrogen and oxygen atoms in total. The van der Waals surface area contributed by atoms with E-state index in [2.05, 4.69) is 27.0 Å². The summed E-state index contributed by atoms with van der Waals surface area (Å²) < 4.78 is 7.29. The van der Waals surface area contributed by atoms with Gasteiger partial charge >= 0.3 is 0 Å². The zero-order valence-corrected chi connectivity index (χ0v) is 10.1. The molecular formula is C13H17N3O. The molecular weight excluding hydrogens is 214 g/mol. The highest BCUT2D eigenvalue weighted by Crippen LogP contribution is 2.20. The third-order valence-corrected chi connectivity index (χ3v) is 2.80. The van der Waals surface area contributed by atoms with Crippen molar-refractivity contribution in [3.63, 3.8) is 0 Å². The van der Waals surface area contributed by atoms with Crippen LogP contribution in [-0.4, -0.2) is 23.7 Å². The lowest BCUT2D eigenvalue weighted by atomic mass is 10.1. The predicted molar refractivity (Wildman–Crippen MR) is 67.0 cm³/mol. The summed E-state index contributed by atoms with van der Waals surface area (Å²) in [6.07, 6.45) is 5.58. The fraction of sp³-hybridized carbons (Fsp3) is 0.308. The van der Waals surface area contributed by atoms with Gasteiger partial charge in [-0.15, -0.1) is 0 Å². The molecule has 1 N–H and O–H groups in total. The number of nitrogens with one attached hydrogen (secondary N) is 1. The minimum atomic E-state index is 0.249. The molecule has 0 saturated carbocycles. The molecule has 0 radical (unpaired) electrons. The van der Waals surface area contributed by atoms with Gasteiger partial charge in [0.25, 0.3) is 0 Å². The van der Waals surface area contributed by atoms with Gasteiger partial charge in [-0.05, 0) is 24.7 Å². The molecule has 1 heterocycles. The van der Waals surface area contributed by atoms with Crippen molar-refractivity contribution in [3.8, 4) is 5.75 Å². The summed E-state index contributed by atoms with van der Waals surface area (Å²) >= 11 is 0. The van der Waals surface area contributed by atoms with Gasteiger partial charge in [0.1, 0.15) is 5.75 Å². The normalized spacial score (nSPS) is 12.4. The average Bonchev–Trinajstić information content (AvgIpc) is 2.89. The third kappa shape index (κ3) is 2.85. The van der Waals surface area contributed by atoms with E-state index in [1.54, 1.807) is 13.3 Å². The highest BCUT2D eigenvalue weighted by atomic mass is 16.5. The minimum Gasteiger partial charge on any atom is -0.497 e. The average molecular weight is 231 g/mol. The Morgan fingerprint density at radius 1 is 1.47 bits per heavy atom. The van der Waals surface area contributed by atoms with E-state index in [0.717, 1.165) is 12.3 Å². The first-order valence-corrected chi connectivity index (χ1v) is 5.60. The molecule has 2 rings (SSSR count). The molecule has 90 valence electrons. The van der Waals surface area contributed by atoms with E-state index in [-0.39, 0.29) is 6.04 Å². The third-order valence-electron chi connectivity index (χ3n) is 2.80. The second kappa shape index (κ2) is 5.50. The van der Waals surface area contributed by atoms with Crippen LogP contribution in [0.25, 0.3) is 0 Å². The Hall–Kier alpha value is -1.81. The molecule has 0 amide bonds. The quantitative estimate of drug-likeness (QED) is 0.853. The Morgan fingerprint density at radius 2 is 2.35 bits per heavy atom. The maximum absolute atomic E-state index is 5.24. The first-order chi connectivity index (χ1) is 8.33. The Bertz CT molecular complexity index is 453. The molecule has 0 aliphatic heterocycles. The predicted octanol–water partition coefficient (Wildman–Crippen LogP) is 1.85. The summed E-state index contributed by atoms with van der Waals surface area (Å²) in [6.45, 7) is 0.851. The van der Waals surface area contributed by atoms with Gasteiger partial charge in [0.15, 0.2) is 0 Å². The van der Waals surface area contributed by atoms with Gasteiger partial charge in [0, 0.05) is 18.9 Å². The lowest BCUT2D eigenvalue weighted by molar-refractivity contribution is 0.412. The van der Waals surface area contributed by atoms with Gasteiger partial charge in [-0.1, -0.05) is 12.1 Å². The number of benzene rings is 1. The van der Waals surface area contributed by atoms with Crippen molar-refractivity contribution in [1.29, 1.82) is 0 Å². The molecule has 0 aliphatic rings. The monoisotopic (exact) mass is 231 g/mol. The largest absolute Gasteiger partial charge is 0.497 e. The van der Waals surface area contributed by atoms with Gasteiger partial charge in [0.2, 0.25) is 0 Å². The zero-order valence-electron chi connectivity index (χ0n) is 10.1. The number of hydrogen-bond acceptors (Lipinski definition) is 3. The van der Waals surface area contributed by atoms with Crippen molar-refractivity contribution < 1.29 is 4.74 Å². The van der Waals surface area contributed by atoms with E-state index < -0.39 is 0 Å². The summed E-state index contributed by atoms with van der Waals surface area (Å²) in [7, 11) is 3.64. The van der Waals surface area contributed by atoms with Crippen molar-refractivity contribution in [2.24, 2.45) is 0 Å². The smallest absolute Gasteiger partial charge is 0.119 e. The number of ether oxygens (including phenoxy) is 1. The lowest BCUT2D eigenvalue weighted by Crippen LogP contribution is -2.21. The van der Waals surface area contributed by atoms with Crippen molar-refractivity contribution in [1.82, 2.24) is 14.9 Å². The van der Waals surface area contributed by atoms with E-state index in [9.17, 15) is 0 Å². The molecule has 1 aromatic carbocycles. The van der Waals surface area contributed by atoms with Crippen LogP contribution in [0.1, 0.15) is 11.6 Å². The summed E-state index contributed by atoms with van der Waals surface area (Å²) in [5, 5.41) is 3.30. The molecule has 0 spiro atoms. The maximum atomic E-state index is 5.24. The fourth-order valence-electron chi connectivity index (χ4n) is 1.83. The SMILES string of the molecule is CNC(Cn1ccnc1)c1cccc(OC)c1. The Kier molecular flexibility index (Phi) is 3.77. The second-order valence-electron chi connectivity index (χ2n) is 3.88. The van der Waals surface area contributed by atoms with Crippen LogP contribution in [0.4, 0.5) is 0 Å². The minimum absolute atomic E-state index is 0.249. The van der Waals surface area contributed by atoms with Gasteiger partial charge in [-0.3, -0.25) is 0 Å². The van der Waals surface area contributed by atoms with Crippen LogP contribution in [0, 0.1) is 0 Å². The summed E-state index contributed by atoms with van der Waals surface area (Å²) in [4.78, 5) is 4.05. The molecule has 0 aliphatic carbocycles. The van der Waals surface area contributed by atoms with E-state index in [0.29, 0.717) is 0 Å². The van der Waals surface area contributed by atoms with Gasteiger partial charge in [-0.2, -0.15) is 0 Å². The van der Waals surface area contributed by atoms with Gasteiger partial charge in [0.05, 0.1) is 19.5 Å². The Morgan fingerprint density at radius 3 is 3.00 bits per heavy atom. The van der Waals surface area contributed by atoms with Crippen molar-refractivity contribution in [2.75, 3.05) is 14.2 Å². The highest BCUT2D eigenvalue weighted by molar-refractivity contribution is 5.30. The van der Waals surface area contributed by atoms with Crippen LogP contribution in [-0.2, 0) is 6.54 Å². The standard InChI is InChI=1S/C13H17N3O/c1-14-13(9-16-7-6-15-10-16)11-4-3-5-12(8-11)17-2/h3-8,10,13-14H,9H2,1-2H3. The molecule has 4 heteroatoms. The van der Waals surface area contributed by atoms with E-state index in [1.807, 2.05) is 31.7 Å². The van der Waals surface area contributed by atoms with Crippen LogP contribution >= 0.6 is 0 Å². The van der Waals surface area contributed by atoms with Gasteiger partial charge in [-0.25, -0.2) is 4.98 Å². The molecule has 0 fully saturated rings. The Balaban J connectivity index is 2.16.